The van der Waals surface area contributed by atoms with E-state index in [9.17, 15) is 4.79 Å². The molecule has 1 saturated heterocycles. The molecule has 1 amide bonds. The van der Waals surface area contributed by atoms with Gasteiger partial charge in [0.25, 0.3) is 0 Å². The summed E-state index contributed by atoms with van der Waals surface area (Å²) in [5.41, 5.74) is 5.40. The van der Waals surface area contributed by atoms with Crippen LogP contribution in [0.5, 0.6) is 0 Å². The average Bonchev–Trinajstić information content (AvgIpc) is 3.51. The molecule has 2 aromatic carbocycles. The smallest absolute Gasteiger partial charge is 0.227 e. The van der Waals surface area contributed by atoms with Crippen molar-refractivity contribution in [1.82, 2.24) is 19.7 Å². The van der Waals surface area contributed by atoms with Gasteiger partial charge in [-0.1, -0.05) is 48.5 Å². The van der Waals surface area contributed by atoms with Crippen LogP contribution in [-0.2, 0) is 23.2 Å². The summed E-state index contributed by atoms with van der Waals surface area (Å²) in [4.78, 5) is 19.6. The normalized spacial score (nSPS) is 19.9. The van der Waals surface area contributed by atoms with Crippen molar-refractivity contribution >= 4 is 16.8 Å². The molecule has 1 spiro atoms. The van der Waals surface area contributed by atoms with Gasteiger partial charge in [0.05, 0.1) is 17.6 Å². The van der Waals surface area contributed by atoms with Gasteiger partial charge in [0, 0.05) is 47.9 Å². The summed E-state index contributed by atoms with van der Waals surface area (Å²) < 4.78 is 2.15. The highest BCUT2D eigenvalue weighted by Crippen LogP contribution is 2.44. The number of pyridine rings is 1. The largest absolute Gasteiger partial charge is 0.341 e. The zero-order valence-electron chi connectivity index (χ0n) is 17.4. The third-order valence-electron chi connectivity index (χ3n) is 6.92. The topological polar surface area (TPSA) is 51.0 Å². The Morgan fingerprint density at radius 1 is 0.968 bits per heavy atom. The fourth-order valence-electron chi connectivity index (χ4n) is 5.20. The van der Waals surface area contributed by atoms with E-state index in [2.05, 4.69) is 27.9 Å². The number of likely N-dealkylation sites (tertiary alicyclic amines) is 1. The standard InChI is InChI=1S/C26H24N4O/c31-25(14-19-6-2-1-3-7-19)29-12-10-26(18-29)11-13-30-24(26)16-23(28-30)21-15-20-8-4-5-9-22(20)27-17-21/h1-9,15-17H,10-14,18H2. The van der Waals surface area contributed by atoms with E-state index in [0.717, 1.165) is 60.2 Å². The maximum Gasteiger partial charge on any atom is 0.227 e. The number of carbonyl (C=O) groups is 1. The molecule has 1 unspecified atom stereocenters. The van der Waals surface area contributed by atoms with E-state index in [1.54, 1.807) is 0 Å². The van der Waals surface area contributed by atoms with Crippen LogP contribution in [0.4, 0.5) is 0 Å². The SMILES string of the molecule is O=C(Cc1ccccc1)N1CCC2(CCn3nc(-c4cnc5ccccc5c4)cc32)C1. The van der Waals surface area contributed by atoms with E-state index < -0.39 is 0 Å². The molecule has 0 N–H and O–H groups in total. The third kappa shape index (κ3) is 3.12. The number of rotatable bonds is 3. The Morgan fingerprint density at radius 2 is 1.77 bits per heavy atom. The van der Waals surface area contributed by atoms with Crippen molar-refractivity contribution in [2.24, 2.45) is 0 Å². The van der Waals surface area contributed by atoms with Crippen LogP contribution < -0.4 is 0 Å². The Balaban J connectivity index is 1.25. The molecule has 0 bridgehead atoms. The number of aryl methyl sites for hydroxylation is 1. The molecule has 0 aliphatic carbocycles. The number of hydrogen-bond acceptors (Lipinski definition) is 3. The van der Waals surface area contributed by atoms with E-state index in [1.807, 2.05) is 59.6 Å². The highest BCUT2D eigenvalue weighted by molar-refractivity contribution is 5.83. The van der Waals surface area contributed by atoms with Crippen molar-refractivity contribution in [3.8, 4) is 11.3 Å². The lowest BCUT2D eigenvalue weighted by Crippen LogP contribution is -2.34. The maximum atomic E-state index is 12.9. The van der Waals surface area contributed by atoms with Gasteiger partial charge in [0.15, 0.2) is 0 Å². The zero-order valence-corrected chi connectivity index (χ0v) is 17.4. The second kappa shape index (κ2) is 7.05. The number of para-hydroxylation sites is 1. The molecule has 2 aliphatic heterocycles. The van der Waals surface area contributed by atoms with Crippen molar-refractivity contribution in [2.45, 2.75) is 31.2 Å². The number of amides is 1. The van der Waals surface area contributed by atoms with Gasteiger partial charge in [0.2, 0.25) is 5.91 Å². The second-order valence-electron chi connectivity index (χ2n) is 8.81. The molecule has 0 radical (unpaired) electrons. The maximum absolute atomic E-state index is 12.9. The molecule has 5 nitrogen and oxygen atoms in total. The van der Waals surface area contributed by atoms with Crippen LogP contribution >= 0.6 is 0 Å². The van der Waals surface area contributed by atoms with Crippen LogP contribution in [-0.4, -0.2) is 38.7 Å². The lowest BCUT2D eigenvalue weighted by Gasteiger charge is -2.23. The summed E-state index contributed by atoms with van der Waals surface area (Å²) >= 11 is 0. The summed E-state index contributed by atoms with van der Waals surface area (Å²) in [5.74, 6) is 0.222. The molecule has 2 aliphatic rings. The Bertz CT molecular complexity index is 1280. The Hall–Kier alpha value is -3.47. The first kappa shape index (κ1) is 18.3. The molecule has 5 heteroatoms. The minimum atomic E-state index is 0.0296. The summed E-state index contributed by atoms with van der Waals surface area (Å²) in [6.07, 6.45) is 4.46. The fraction of sp³-hybridized carbons (Fsp3) is 0.269. The van der Waals surface area contributed by atoms with Gasteiger partial charge in [-0.25, -0.2) is 0 Å². The first-order valence-corrected chi connectivity index (χ1v) is 11.0. The van der Waals surface area contributed by atoms with Crippen LogP contribution in [0.1, 0.15) is 24.1 Å². The van der Waals surface area contributed by atoms with E-state index in [4.69, 9.17) is 5.10 Å². The number of carbonyl (C=O) groups excluding carboxylic acids is 1. The molecular formula is C26H24N4O. The van der Waals surface area contributed by atoms with E-state index in [-0.39, 0.29) is 11.3 Å². The average molecular weight is 409 g/mol. The lowest BCUT2D eigenvalue weighted by atomic mass is 9.82. The van der Waals surface area contributed by atoms with Crippen LogP contribution in [0.15, 0.2) is 72.9 Å². The van der Waals surface area contributed by atoms with Crippen molar-refractivity contribution < 1.29 is 4.79 Å². The van der Waals surface area contributed by atoms with E-state index in [0.29, 0.717) is 6.42 Å². The predicted molar refractivity (Wildman–Crippen MR) is 121 cm³/mol. The van der Waals surface area contributed by atoms with E-state index in [1.165, 1.54) is 5.69 Å². The first-order valence-electron chi connectivity index (χ1n) is 11.0. The molecule has 2 aromatic heterocycles. The van der Waals surface area contributed by atoms with Gasteiger partial charge in [-0.15, -0.1) is 0 Å². The lowest BCUT2D eigenvalue weighted by molar-refractivity contribution is -0.129. The first-order chi connectivity index (χ1) is 15.2. The number of nitrogens with zero attached hydrogens (tertiary/aromatic N) is 4. The van der Waals surface area contributed by atoms with Gasteiger partial charge in [-0.2, -0.15) is 5.10 Å². The molecule has 1 atom stereocenters. The Morgan fingerprint density at radius 3 is 2.68 bits per heavy atom. The summed E-state index contributed by atoms with van der Waals surface area (Å²) in [5, 5.41) is 6.02. The van der Waals surface area contributed by atoms with E-state index >= 15 is 0 Å². The molecule has 154 valence electrons. The van der Waals surface area contributed by atoms with Gasteiger partial charge in [-0.05, 0) is 36.6 Å². The Kier molecular flexibility index (Phi) is 4.16. The van der Waals surface area contributed by atoms with Gasteiger partial charge < -0.3 is 4.90 Å². The van der Waals surface area contributed by atoms with Crippen molar-refractivity contribution in [1.29, 1.82) is 0 Å². The number of benzene rings is 2. The Labute approximate surface area is 181 Å². The number of fused-ring (bicyclic) bond motifs is 3. The van der Waals surface area contributed by atoms with Gasteiger partial charge in [-0.3, -0.25) is 14.5 Å². The second-order valence-corrected chi connectivity index (χ2v) is 8.81. The summed E-state index contributed by atoms with van der Waals surface area (Å²) in [6, 6.07) is 22.6. The van der Waals surface area contributed by atoms with Crippen molar-refractivity contribution in [3.05, 3.63) is 84.2 Å². The molecule has 1 fully saturated rings. The highest BCUT2D eigenvalue weighted by atomic mass is 16.2. The molecular weight excluding hydrogens is 384 g/mol. The molecule has 4 aromatic rings. The molecule has 4 heterocycles. The van der Waals surface area contributed by atoms with Crippen LogP contribution in [0.3, 0.4) is 0 Å². The van der Waals surface area contributed by atoms with Crippen LogP contribution in [0.2, 0.25) is 0 Å². The molecule has 0 saturated carbocycles. The highest BCUT2D eigenvalue weighted by Gasteiger charge is 2.46. The minimum Gasteiger partial charge on any atom is -0.341 e. The quantitative estimate of drug-likeness (QED) is 0.510. The molecule has 31 heavy (non-hydrogen) atoms. The van der Waals surface area contributed by atoms with Crippen LogP contribution in [0, 0.1) is 0 Å². The summed E-state index contributed by atoms with van der Waals surface area (Å²) in [7, 11) is 0. The van der Waals surface area contributed by atoms with Crippen LogP contribution in [0.25, 0.3) is 22.2 Å². The van der Waals surface area contributed by atoms with Gasteiger partial charge in [0.1, 0.15) is 0 Å². The predicted octanol–water partition coefficient (Wildman–Crippen LogP) is 4.21. The number of hydrogen-bond donors (Lipinski definition) is 0. The fourth-order valence-corrected chi connectivity index (χ4v) is 5.20. The van der Waals surface area contributed by atoms with Crippen molar-refractivity contribution in [2.75, 3.05) is 13.1 Å². The molecule has 6 rings (SSSR count). The third-order valence-corrected chi connectivity index (χ3v) is 6.92. The minimum absolute atomic E-state index is 0.0296. The van der Waals surface area contributed by atoms with Crippen molar-refractivity contribution in [3.63, 3.8) is 0 Å². The zero-order chi connectivity index (χ0) is 20.8. The number of aromatic nitrogens is 3. The van der Waals surface area contributed by atoms with Gasteiger partial charge >= 0.3 is 0 Å². The monoisotopic (exact) mass is 408 g/mol. The summed E-state index contributed by atoms with van der Waals surface area (Å²) in [6.45, 7) is 2.53.